The van der Waals surface area contributed by atoms with Gasteiger partial charge < -0.3 is 20.1 Å². The van der Waals surface area contributed by atoms with Crippen molar-refractivity contribution in [2.75, 3.05) is 20.7 Å². The Hall–Kier alpha value is -3.27. The molecule has 27 heavy (non-hydrogen) atoms. The van der Waals surface area contributed by atoms with Crippen molar-refractivity contribution >= 4 is 5.96 Å². The molecule has 0 fully saturated rings. The van der Waals surface area contributed by atoms with E-state index in [2.05, 4.69) is 15.6 Å². The summed E-state index contributed by atoms with van der Waals surface area (Å²) in [5, 5.41) is 15.1. The van der Waals surface area contributed by atoms with Gasteiger partial charge in [-0.1, -0.05) is 12.1 Å². The summed E-state index contributed by atoms with van der Waals surface area (Å²) >= 11 is 0. The van der Waals surface area contributed by atoms with Crippen LogP contribution < -0.4 is 20.1 Å². The van der Waals surface area contributed by atoms with Crippen molar-refractivity contribution in [2.24, 2.45) is 4.99 Å². The smallest absolute Gasteiger partial charge is 0.191 e. The molecule has 0 spiro atoms. The maximum Gasteiger partial charge on any atom is 0.191 e. The number of para-hydroxylation sites is 2. The minimum atomic E-state index is -0.371. The maximum atomic E-state index is 13.8. The summed E-state index contributed by atoms with van der Waals surface area (Å²) in [5.41, 5.74) is 0.810. The number of hydrogen-bond acceptors (Lipinski definition) is 4. The summed E-state index contributed by atoms with van der Waals surface area (Å²) in [5.74, 6) is 1.46. The molecule has 6 nitrogen and oxygen atoms in total. The average molecular weight is 370 g/mol. The summed E-state index contributed by atoms with van der Waals surface area (Å²) in [7, 11) is 3.22. The Morgan fingerprint density at radius 3 is 2.63 bits per heavy atom. The van der Waals surface area contributed by atoms with Gasteiger partial charge in [0.15, 0.2) is 17.5 Å². The van der Waals surface area contributed by atoms with Crippen LogP contribution in [0.4, 0.5) is 4.39 Å². The predicted octanol–water partition coefficient (Wildman–Crippen LogP) is 2.84. The van der Waals surface area contributed by atoms with Crippen molar-refractivity contribution in [3.05, 3.63) is 59.4 Å². The first-order chi connectivity index (χ1) is 13.1. The summed E-state index contributed by atoms with van der Waals surface area (Å²) in [6, 6.07) is 13.7. The first-order valence-corrected chi connectivity index (χ1v) is 8.50. The minimum absolute atomic E-state index is 0.154. The lowest BCUT2D eigenvalue weighted by Gasteiger charge is -2.19. The highest BCUT2D eigenvalue weighted by Crippen LogP contribution is 2.26. The number of aliphatic imine (C=N–C) groups is 1. The third-order valence-electron chi connectivity index (χ3n) is 3.80. The van der Waals surface area contributed by atoms with Gasteiger partial charge in [0.05, 0.1) is 25.3 Å². The topological polar surface area (TPSA) is 78.7 Å². The fourth-order valence-electron chi connectivity index (χ4n) is 2.39. The van der Waals surface area contributed by atoms with Gasteiger partial charge in [0.1, 0.15) is 11.9 Å². The van der Waals surface area contributed by atoms with Crippen molar-refractivity contribution in [2.45, 2.75) is 19.6 Å². The number of halogens is 1. The number of rotatable bonds is 7. The van der Waals surface area contributed by atoms with Crippen molar-refractivity contribution in [1.82, 2.24) is 10.6 Å². The van der Waals surface area contributed by atoms with E-state index in [-0.39, 0.29) is 18.5 Å². The fraction of sp³-hybridized carbons (Fsp3) is 0.300. The van der Waals surface area contributed by atoms with Crippen molar-refractivity contribution in [1.29, 1.82) is 5.26 Å². The highest BCUT2D eigenvalue weighted by molar-refractivity contribution is 5.79. The number of nitriles is 1. The summed E-state index contributed by atoms with van der Waals surface area (Å²) in [6.07, 6.45) is -0.154. The molecule has 0 saturated heterocycles. The number of hydrogen-bond donors (Lipinski definition) is 2. The van der Waals surface area contributed by atoms with Crippen LogP contribution in [0.5, 0.6) is 11.5 Å². The molecule has 0 radical (unpaired) electrons. The Bertz CT molecular complexity index is 833. The van der Waals surface area contributed by atoms with Crippen molar-refractivity contribution in [3.8, 4) is 17.6 Å². The number of benzene rings is 2. The van der Waals surface area contributed by atoms with Gasteiger partial charge >= 0.3 is 0 Å². The van der Waals surface area contributed by atoms with Gasteiger partial charge in [-0.3, -0.25) is 4.99 Å². The number of guanidine groups is 1. The summed E-state index contributed by atoms with van der Waals surface area (Å²) < 4.78 is 25.0. The van der Waals surface area contributed by atoms with E-state index in [0.717, 1.165) is 0 Å². The molecule has 1 atom stereocenters. The maximum absolute atomic E-state index is 13.8. The third kappa shape index (κ3) is 5.89. The first-order valence-electron chi connectivity index (χ1n) is 8.50. The van der Waals surface area contributed by atoms with Crippen LogP contribution in [-0.4, -0.2) is 32.8 Å². The Balaban J connectivity index is 1.87. The van der Waals surface area contributed by atoms with Crippen LogP contribution in [0, 0.1) is 17.1 Å². The van der Waals surface area contributed by atoms with Crippen LogP contribution in [0.1, 0.15) is 18.1 Å². The highest BCUT2D eigenvalue weighted by atomic mass is 19.1. The van der Waals surface area contributed by atoms with Crippen LogP contribution >= 0.6 is 0 Å². The number of methoxy groups -OCH3 is 1. The van der Waals surface area contributed by atoms with Gasteiger partial charge in [0.25, 0.3) is 0 Å². The van der Waals surface area contributed by atoms with Crippen LogP contribution in [0.15, 0.2) is 47.5 Å². The van der Waals surface area contributed by atoms with Crippen molar-refractivity contribution in [3.63, 3.8) is 0 Å². The molecule has 0 aliphatic rings. The van der Waals surface area contributed by atoms with Crippen LogP contribution in [-0.2, 0) is 6.54 Å². The molecular weight excluding hydrogens is 347 g/mol. The zero-order chi connectivity index (χ0) is 19.6. The number of nitrogens with zero attached hydrogens (tertiary/aromatic N) is 2. The average Bonchev–Trinajstić information content (AvgIpc) is 2.69. The monoisotopic (exact) mass is 370 g/mol. The third-order valence-corrected chi connectivity index (χ3v) is 3.80. The zero-order valence-electron chi connectivity index (χ0n) is 15.6. The molecule has 2 aromatic rings. The number of nitrogens with one attached hydrogen (secondary N) is 2. The molecule has 2 aromatic carbocycles. The van der Waals surface area contributed by atoms with Crippen molar-refractivity contribution < 1.29 is 13.9 Å². The molecule has 2 rings (SSSR count). The van der Waals surface area contributed by atoms with E-state index in [0.29, 0.717) is 35.1 Å². The Morgan fingerprint density at radius 2 is 1.96 bits per heavy atom. The quantitative estimate of drug-likeness (QED) is 0.579. The van der Waals surface area contributed by atoms with E-state index in [4.69, 9.17) is 14.7 Å². The minimum Gasteiger partial charge on any atom is -0.493 e. The molecule has 0 aliphatic carbocycles. The SMILES string of the molecule is CN=C(NCc1cc(C#N)ccc1F)NCC(C)Oc1ccccc1OC. The van der Waals surface area contributed by atoms with E-state index < -0.39 is 0 Å². The standard InChI is InChI=1S/C20H23FN4O2/c1-14(27-19-7-5-4-6-18(19)26-3)12-24-20(23-2)25-13-16-10-15(11-22)8-9-17(16)21/h4-10,14H,12-13H2,1-3H3,(H2,23,24,25). The lowest BCUT2D eigenvalue weighted by atomic mass is 10.1. The van der Waals surface area contributed by atoms with E-state index in [9.17, 15) is 4.39 Å². The Kier molecular flexibility index (Phi) is 7.44. The van der Waals surface area contributed by atoms with Crippen LogP contribution in [0.2, 0.25) is 0 Å². The lowest BCUT2D eigenvalue weighted by molar-refractivity contribution is 0.213. The van der Waals surface area contributed by atoms with Gasteiger partial charge in [0, 0.05) is 19.2 Å². The van der Waals surface area contributed by atoms with Crippen LogP contribution in [0.3, 0.4) is 0 Å². The molecule has 0 saturated carbocycles. The van der Waals surface area contributed by atoms with Crippen LogP contribution in [0.25, 0.3) is 0 Å². The first kappa shape index (κ1) is 20.0. The zero-order valence-corrected chi connectivity index (χ0v) is 15.6. The second-order valence-corrected chi connectivity index (χ2v) is 5.80. The fourth-order valence-corrected chi connectivity index (χ4v) is 2.39. The van der Waals surface area contributed by atoms with Gasteiger partial charge in [-0.25, -0.2) is 4.39 Å². The van der Waals surface area contributed by atoms with E-state index >= 15 is 0 Å². The molecule has 7 heteroatoms. The molecule has 1 unspecified atom stereocenters. The molecule has 0 bridgehead atoms. The second-order valence-electron chi connectivity index (χ2n) is 5.80. The largest absolute Gasteiger partial charge is 0.493 e. The normalized spacial score (nSPS) is 12.0. The molecule has 142 valence electrons. The van der Waals surface area contributed by atoms with Gasteiger partial charge in [-0.05, 0) is 37.3 Å². The Morgan fingerprint density at radius 1 is 1.22 bits per heavy atom. The van der Waals surface area contributed by atoms with Gasteiger partial charge in [-0.15, -0.1) is 0 Å². The molecule has 2 N–H and O–H groups in total. The predicted molar refractivity (Wildman–Crippen MR) is 102 cm³/mol. The lowest BCUT2D eigenvalue weighted by Crippen LogP contribution is -2.41. The summed E-state index contributed by atoms with van der Waals surface area (Å²) in [4.78, 5) is 4.11. The number of ether oxygens (including phenoxy) is 2. The molecule has 0 amide bonds. The molecule has 0 aromatic heterocycles. The molecule has 0 aliphatic heterocycles. The van der Waals surface area contributed by atoms with E-state index in [1.165, 1.54) is 18.2 Å². The van der Waals surface area contributed by atoms with E-state index in [1.54, 1.807) is 14.2 Å². The summed E-state index contributed by atoms with van der Waals surface area (Å²) in [6.45, 7) is 2.62. The molecule has 0 heterocycles. The second kappa shape index (κ2) is 10.0. The Labute approximate surface area is 158 Å². The van der Waals surface area contributed by atoms with Gasteiger partial charge in [0.2, 0.25) is 0 Å². The molecular formula is C20H23FN4O2. The van der Waals surface area contributed by atoms with Gasteiger partial charge in [-0.2, -0.15) is 5.26 Å². The highest BCUT2D eigenvalue weighted by Gasteiger charge is 2.10. The van der Waals surface area contributed by atoms with E-state index in [1.807, 2.05) is 37.3 Å².